The van der Waals surface area contributed by atoms with Gasteiger partial charge in [-0.1, -0.05) is 0 Å². The summed E-state index contributed by atoms with van der Waals surface area (Å²) in [7, 11) is 1.56. The molecule has 0 aliphatic heterocycles. The molecule has 2 bridgehead atoms. The minimum Gasteiger partial charge on any atom is -0.480 e. The predicted molar refractivity (Wildman–Crippen MR) is 66.8 cm³/mol. The lowest BCUT2D eigenvalue weighted by molar-refractivity contribution is -0.158. The molecule has 0 heterocycles. The van der Waals surface area contributed by atoms with Crippen LogP contribution in [0.3, 0.4) is 0 Å². The molecule has 102 valence electrons. The minimum absolute atomic E-state index is 0.0942. The van der Waals surface area contributed by atoms with Crippen molar-refractivity contribution in [2.45, 2.75) is 44.7 Å². The molecule has 0 radical (unpaired) electrons. The summed E-state index contributed by atoms with van der Waals surface area (Å²) in [5.74, 6) is -0.487. The fourth-order valence-corrected chi connectivity index (χ4v) is 3.34. The standard InChI is InChI=1S/C13H22N2O3/c1-13(2,12(17)18)15(3)11(16)9-7-4-5-8(6-7)10(9)14/h7-10H,4-6,14H2,1-3H3,(H,17,18). The highest BCUT2D eigenvalue weighted by Crippen LogP contribution is 2.48. The number of hydrogen-bond donors (Lipinski definition) is 2. The summed E-state index contributed by atoms with van der Waals surface area (Å²) in [6, 6.07) is -0.0942. The molecule has 2 fully saturated rings. The first kappa shape index (κ1) is 13.3. The van der Waals surface area contributed by atoms with Crippen LogP contribution < -0.4 is 5.73 Å². The van der Waals surface area contributed by atoms with Crippen LogP contribution in [-0.2, 0) is 9.59 Å². The van der Waals surface area contributed by atoms with Crippen LogP contribution in [0.15, 0.2) is 0 Å². The summed E-state index contributed by atoms with van der Waals surface area (Å²) in [5.41, 5.74) is 4.95. The Balaban J connectivity index is 2.15. The van der Waals surface area contributed by atoms with Crippen LogP contribution >= 0.6 is 0 Å². The number of nitrogens with two attached hydrogens (primary N) is 1. The number of carbonyl (C=O) groups is 2. The molecular weight excluding hydrogens is 232 g/mol. The maximum Gasteiger partial charge on any atom is 0.329 e. The molecule has 0 aromatic heterocycles. The van der Waals surface area contributed by atoms with Crippen molar-refractivity contribution in [3.05, 3.63) is 0 Å². The van der Waals surface area contributed by atoms with Gasteiger partial charge in [-0.05, 0) is 44.9 Å². The number of rotatable bonds is 3. The van der Waals surface area contributed by atoms with Gasteiger partial charge in [0.2, 0.25) is 5.91 Å². The molecule has 2 saturated carbocycles. The second kappa shape index (κ2) is 4.23. The number of aliphatic carboxylic acids is 1. The number of fused-ring (bicyclic) bond motifs is 2. The van der Waals surface area contributed by atoms with Crippen molar-refractivity contribution in [1.82, 2.24) is 4.90 Å². The van der Waals surface area contributed by atoms with Crippen molar-refractivity contribution in [3.8, 4) is 0 Å². The third-order valence-corrected chi connectivity index (χ3v) is 4.96. The van der Waals surface area contributed by atoms with E-state index >= 15 is 0 Å². The van der Waals surface area contributed by atoms with Gasteiger partial charge in [-0.25, -0.2) is 4.79 Å². The van der Waals surface area contributed by atoms with E-state index in [4.69, 9.17) is 5.73 Å². The quantitative estimate of drug-likeness (QED) is 0.776. The van der Waals surface area contributed by atoms with Gasteiger partial charge in [0, 0.05) is 13.1 Å². The largest absolute Gasteiger partial charge is 0.480 e. The molecular formula is C13H22N2O3. The first-order valence-corrected chi connectivity index (χ1v) is 6.53. The molecule has 0 aromatic rings. The fraction of sp³-hybridized carbons (Fsp3) is 0.846. The Morgan fingerprint density at radius 3 is 2.28 bits per heavy atom. The lowest BCUT2D eigenvalue weighted by atomic mass is 9.83. The third kappa shape index (κ3) is 1.81. The van der Waals surface area contributed by atoms with E-state index in [0.29, 0.717) is 11.8 Å². The average Bonchev–Trinajstić information content (AvgIpc) is 2.87. The number of amides is 1. The van der Waals surface area contributed by atoms with Gasteiger partial charge in [0.25, 0.3) is 0 Å². The number of hydrogen-bond acceptors (Lipinski definition) is 3. The lowest BCUT2D eigenvalue weighted by Crippen LogP contribution is -2.55. The number of likely N-dealkylation sites (N-methyl/N-ethyl adjacent to an activating group) is 1. The van der Waals surface area contributed by atoms with Crippen molar-refractivity contribution in [3.63, 3.8) is 0 Å². The zero-order valence-corrected chi connectivity index (χ0v) is 11.2. The Hall–Kier alpha value is -1.10. The van der Waals surface area contributed by atoms with Gasteiger partial charge < -0.3 is 15.7 Å². The van der Waals surface area contributed by atoms with Gasteiger partial charge >= 0.3 is 5.97 Å². The molecule has 2 aliphatic carbocycles. The second-order valence-electron chi connectivity index (χ2n) is 6.20. The molecule has 0 saturated heterocycles. The van der Waals surface area contributed by atoms with Crippen LogP contribution in [0.1, 0.15) is 33.1 Å². The highest BCUT2D eigenvalue weighted by atomic mass is 16.4. The van der Waals surface area contributed by atoms with Crippen LogP contribution in [-0.4, -0.2) is 40.5 Å². The Morgan fingerprint density at radius 1 is 1.28 bits per heavy atom. The van der Waals surface area contributed by atoms with Crippen LogP contribution in [0.2, 0.25) is 0 Å². The summed E-state index contributed by atoms with van der Waals surface area (Å²) < 4.78 is 0. The van der Waals surface area contributed by atoms with Crippen molar-refractivity contribution >= 4 is 11.9 Å². The summed E-state index contributed by atoms with van der Waals surface area (Å²) in [5, 5.41) is 9.18. The van der Waals surface area contributed by atoms with E-state index in [1.54, 1.807) is 20.9 Å². The van der Waals surface area contributed by atoms with Gasteiger partial charge in [0.15, 0.2) is 0 Å². The molecule has 0 spiro atoms. The summed E-state index contributed by atoms with van der Waals surface area (Å²) >= 11 is 0. The molecule has 1 amide bonds. The zero-order chi connectivity index (χ0) is 13.7. The number of carboxylic acid groups (broad SMARTS) is 1. The van der Waals surface area contributed by atoms with Crippen molar-refractivity contribution < 1.29 is 14.7 Å². The predicted octanol–water partition coefficient (Wildman–Crippen LogP) is 0.681. The second-order valence-corrected chi connectivity index (χ2v) is 6.20. The van der Waals surface area contributed by atoms with Gasteiger partial charge in [-0.3, -0.25) is 4.79 Å². The van der Waals surface area contributed by atoms with E-state index in [1.807, 2.05) is 0 Å². The lowest BCUT2D eigenvalue weighted by Gasteiger charge is -2.37. The van der Waals surface area contributed by atoms with E-state index in [9.17, 15) is 14.7 Å². The molecule has 4 atom stereocenters. The van der Waals surface area contributed by atoms with E-state index in [1.165, 1.54) is 4.90 Å². The Kier molecular flexibility index (Phi) is 3.13. The zero-order valence-electron chi connectivity index (χ0n) is 11.2. The molecule has 5 heteroatoms. The Morgan fingerprint density at radius 2 is 1.83 bits per heavy atom. The van der Waals surface area contributed by atoms with Gasteiger partial charge in [-0.2, -0.15) is 0 Å². The molecule has 4 unspecified atom stereocenters. The molecule has 0 aromatic carbocycles. The van der Waals surface area contributed by atoms with E-state index in [-0.39, 0.29) is 17.9 Å². The van der Waals surface area contributed by atoms with Crippen LogP contribution in [0.5, 0.6) is 0 Å². The maximum atomic E-state index is 12.5. The van der Waals surface area contributed by atoms with Crippen molar-refractivity contribution in [2.75, 3.05) is 7.05 Å². The summed E-state index contributed by atoms with van der Waals surface area (Å²) in [6.45, 7) is 3.10. The third-order valence-electron chi connectivity index (χ3n) is 4.96. The molecule has 5 nitrogen and oxygen atoms in total. The molecule has 2 rings (SSSR count). The van der Waals surface area contributed by atoms with E-state index < -0.39 is 11.5 Å². The number of carbonyl (C=O) groups excluding carboxylic acids is 1. The first-order valence-electron chi connectivity index (χ1n) is 6.53. The molecule has 3 N–H and O–H groups in total. The summed E-state index contributed by atoms with van der Waals surface area (Å²) in [6.07, 6.45) is 3.19. The van der Waals surface area contributed by atoms with Gasteiger partial charge in [-0.15, -0.1) is 0 Å². The first-order chi connectivity index (χ1) is 8.26. The van der Waals surface area contributed by atoms with E-state index in [2.05, 4.69) is 0 Å². The normalized spacial score (nSPS) is 34.7. The SMILES string of the molecule is CN(C(=O)C1C2CCC(C2)C1N)C(C)(C)C(=O)O. The monoisotopic (exact) mass is 254 g/mol. The Labute approximate surface area is 107 Å². The van der Waals surface area contributed by atoms with Gasteiger partial charge in [0.05, 0.1) is 5.92 Å². The van der Waals surface area contributed by atoms with Crippen LogP contribution in [0.4, 0.5) is 0 Å². The van der Waals surface area contributed by atoms with Gasteiger partial charge in [0.1, 0.15) is 5.54 Å². The number of nitrogens with zero attached hydrogens (tertiary/aromatic N) is 1. The fourth-order valence-electron chi connectivity index (χ4n) is 3.34. The average molecular weight is 254 g/mol. The molecule has 18 heavy (non-hydrogen) atoms. The van der Waals surface area contributed by atoms with Crippen molar-refractivity contribution in [1.29, 1.82) is 0 Å². The van der Waals surface area contributed by atoms with Crippen molar-refractivity contribution in [2.24, 2.45) is 23.5 Å². The minimum atomic E-state index is -1.18. The highest BCUT2D eigenvalue weighted by molar-refractivity contribution is 5.88. The smallest absolute Gasteiger partial charge is 0.329 e. The highest BCUT2D eigenvalue weighted by Gasteiger charge is 2.51. The molecule has 2 aliphatic rings. The Bertz CT molecular complexity index is 378. The van der Waals surface area contributed by atoms with Crippen LogP contribution in [0.25, 0.3) is 0 Å². The number of carboxylic acids is 1. The van der Waals surface area contributed by atoms with Crippen LogP contribution in [0, 0.1) is 17.8 Å². The summed E-state index contributed by atoms with van der Waals surface area (Å²) in [4.78, 5) is 25.0. The van der Waals surface area contributed by atoms with E-state index in [0.717, 1.165) is 19.3 Å². The maximum absolute atomic E-state index is 12.5. The topological polar surface area (TPSA) is 83.6 Å².